The molecule has 21 heavy (non-hydrogen) atoms. The van der Waals surface area contributed by atoms with Gasteiger partial charge in [-0.2, -0.15) is 5.10 Å². The lowest BCUT2D eigenvalue weighted by molar-refractivity contribution is 0.0592. The Kier molecular flexibility index (Phi) is 4.44. The predicted octanol–water partition coefficient (Wildman–Crippen LogP) is 4.37. The Morgan fingerprint density at radius 2 is 1.95 bits per heavy atom. The topological polar surface area (TPSA) is 44.1 Å². The van der Waals surface area contributed by atoms with Crippen LogP contribution in [0.25, 0.3) is 5.69 Å². The fraction of sp³-hybridized carbons (Fsp3) is 0.333. The van der Waals surface area contributed by atoms with Crippen LogP contribution in [0.15, 0.2) is 28.7 Å². The van der Waals surface area contributed by atoms with Gasteiger partial charge in [0.25, 0.3) is 0 Å². The molecular weight excluding hydrogens is 356 g/mol. The van der Waals surface area contributed by atoms with Crippen LogP contribution in [-0.2, 0) is 10.2 Å². The van der Waals surface area contributed by atoms with Gasteiger partial charge < -0.3 is 4.74 Å². The molecule has 0 aliphatic rings. The number of esters is 1. The standard InChI is InChI=1S/C15H16BrClN2O2/c1-15(2,3)13-11(16)12(14(20)21-4)18-19(13)10-8-6-5-7-9(10)17/h5-8H,1-4H3. The van der Waals surface area contributed by atoms with Crippen LogP contribution in [0.5, 0.6) is 0 Å². The summed E-state index contributed by atoms with van der Waals surface area (Å²) in [7, 11) is 1.33. The van der Waals surface area contributed by atoms with Gasteiger partial charge >= 0.3 is 5.97 Å². The Hall–Kier alpha value is -1.33. The summed E-state index contributed by atoms with van der Waals surface area (Å²) < 4.78 is 7.11. The summed E-state index contributed by atoms with van der Waals surface area (Å²) in [6.07, 6.45) is 0. The number of carbonyl (C=O) groups is 1. The van der Waals surface area contributed by atoms with Gasteiger partial charge in [-0.15, -0.1) is 0 Å². The number of nitrogens with zero attached hydrogens (tertiary/aromatic N) is 2. The minimum absolute atomic E-state index is 0.238. The first-order chi connectivity index (χ1) is 9.77. The van der Waals surface area contributed by atoms with Crippen molar-refractivity contribution < 1.29 is 9.53 Å². The summed E-state index contributed by atoms with van der Waals surface area (Å²) in [5.41, 5.74) is 1.58. The second-order valence-electron chi connectivity index (χ2n) is 5.62. The average Bonchev–Trinajstić information content (AvgIpc) is 2.75. The van der Waals surface area contributed by atoms with Gasteiger partial charge in [0.2, 0.25) is 0 Å². The largest absolute Gasteiger partial charge is 0.464 e. The summed E-state index contributed by atoms with van der Waals surface area (Å²) >= 11 is 9.74. The van der Waals surface area contributed by atoms with Crippen molar-refractivity contribution in [2.24, 2.45) is 0 Å². The van der Waals surface area contributed by atoms with Crippen molar-refractivity contribution in [3.8, 4) is 5.69 Å². The lowest BCUT2D eigenvalue weighted by Gasteiger charge is -2.21. The van der Waals surface area contributed by atoms with Crippen molar-refractivity contribution in [2.75, 3.05) is 7.11 Å². The molecule has 0 aliphatic heterocycles. The van der Waals surface area contributed by atoms with Crippen LogP contribution in [0, 0.1) is 0 Å². The van der Waals surface area contributed by atoms with Crippen molar-refractivity contribution in [1.29, 1.82) is 0 Å². The molecular formula is C15H16BrClN2O2. The van der Waals surface area contributed by atoms with E-state index in [1.165, 1.54) is 7.11 Å². The molecule has 2 aromatic rings. The molecule has 6 heteroatoms. The van der Waals surface area contributed by atoms with E-state index in [0.717, 1.165) is 11.4 Å². The van der Waals surface area contributed by atoms with E-state index in [2.05, 4.69) is 21.0 Å². The molecule has 0 bridgehead atoms. The maximum Gasteiger partial charge on any atom is 0.359 e. The Morgan fingerprint density at radius 3 is 2.48 bits per heavy atom. The minimum Gasteiger partial charge on any atom is -0.464 e. The van der Waals surface area contributed by atoms with E-state index in [1.54, 1.807) is 10.7 Å². The molecule has 0 amide bonds. The SMILES string of the molecule is COC(=O)c1nn(-c2ccccc2Cl)c(C(C)(C)C)c1Br. The van der Waals surface area contributed by atoms with E-state index in [1.807, 2.05) is 39.0 Å². The highest BCUT2D eigenvalue weighted by Crippen LogP contribution is 2.35. The smallest absolute Gasteiger partial charge is 0.359 e. The predicted molar refractivity (Wildman–Crippen MR) is 86.3 cm³/mol. The first kappa shape index (κ1) is 16.0. The van der Waals surface area contributed by atoms with Crippen LogP contribution in [0.3, 0.4) is 0 Å². The van der Waals surface area contributed by atoms with Crippen molar-refractivity contribution in [1.82, 2.24) is 9.78 Å². The van der Waals surface area contributed by atoms with Crippen LogP contribution in [-0.4, -0.2) is 22.9 Å². The zero-order chi connectivity index (χ0) is 15.8. The van der Waals surface area contributed by atoms with Crippen LogP contribution >= 0.6 is 27.5 Å². The number of aromatic nitrogens is 2. The molecule has 0 aliphatic carbocycles. The van der Waals surface area contributed by atoms with Crippen molar-refractivity contribution in [3.05, 3.63) is 45.1 Å². The molecule has 0 atom stereocenters. The van der Waals surface area contributed by atoms with Crippen molar-refractivity contribution in [2.45, 2.75) is 26.2 Å². The third-order valence-corrected chi connectivity index (χ3v) is 4.07. The van der Waals surface area contributed by atoms with E-state index in [0.29, 0.717) is 9.50 Å². The second kappa shape index (κ2) is 5.81. The number of carbonyl (C=O) groups excluding carboxylic acids is 1. The van der Waals surface area contributed by atoms with Crippen LogP contribution in [0.1, 0.15) is 37.0 Å². The zero-order valence-corrected chi connectivity index (χ0v) is 14.6. The Morgan fingerprint density at radius 1 is 1.33 bits per heavy atom. The third kappa shape index (κ3) is 2.99. The monoisotopic (exact) mass is 370 g/mol. The molecule has 112 valence electrons. The fourth-order valence-electron chi connectivity index (χ4n) is 2.07. The molecule has 2 rings (SSSR count). The normalized spacial score (nSPS) is 11.5. The van der Waals surface area contributed by atoms with Crippen LogP contribution < -0.4 is 0 Å². The first-order valence-electron chi connectivity index (χ1n) is 6.39. The molecule has 0 fully saturated rings. The number of benzene rings is 1. The lowest BCUT2D eigenvalue weighted by atomic mass is 9.91. The summed E-state index contributed by atoms with van der Waals surface area (Å²) in [6.45, 7) is 6.13. The third-order valence-electron chi connectivity index (χ3n) is 3.00. The van der Waals surface area contributed by atoms with Crippen molar-refractivity contribution >= 4 is 33.5 Å². The number of hydrogen-bond donors (Lipinski definition) is 0. The molecule has 4 nitrogen and oxygen atoms in total. The van der Waals surface area contributed by atoms with Gasteiger partial charge in [0.05, 0.1) is 28.0 Å². The average molecular weight is 372 g/mol. The highest BCUT2D eigenvalue weighted by molar-refractivity contribution is 9.10. The summed E-state index contributed by atoms with van der Waals surface area (Å²) in [6, 6.07) is 7.37. The molecule has 0 radical (unpaired) electrons. The minimum atomic E-state index is -0.488. The van der Waals surface area contributed by atoms with Gasteiger partial charge in [-0.3, -0.25) is 0 Å². The van der Waals surface area contributed by atoms with Crippen LogP contribution in [0.2, 0.25) is 5.02 Å². The highest BCUT2D eigenvalue weighted by Gasteiger charge is 2.30. The molecule has 1 aromatic carbocycles. The quantitative estimate of drug-likeness (QED) is 0.736. The maximum absolute atomic E-state index is 11.9. The molecule has 0 saturated carbocycles. The van der Waals surface area contributed by atoms with Gasteiger partial charge in [-0.25, -0.2) is 9.48 Å². The number of methoxy groups -OCH3 is 1. The van der Waals surface area contributed by atoms with Gasteiger partial charge in [-0.1, -0.05) is 44.5 Å². The molecule has 0 spiro atoms. The first-order valence-corrected chi connectivity index (χ1v) is 7.56. The Labute approximate surface area is 137 Å². The van der Waals surface area contributed by atoms with Gasteiger partial charge in [0.15, 0.2) is 5.69 Å². The number of hydrogen-bond acceptors (Lipinski definition) is 3. The van der Waals surface area contributed by atoms with E-state index in [-0.39, 0.29) is 11.1 Å². The molecule has 0 N–H and O–H groups in total. The zero-order valence-electron chi connectivity index (χ0n) is 12.3. The fourth-order valence-corrected chi connectivity index (χ4v) is 3.29. The molecule has 0 unspecified atom stereocenters. The summed E-state index contributed by atoms with van der Waals surface area (Å²) in [5, 5.41) is 4.95. The number of rotatable bonds is 2. The van der Waals surface area contributed by atoms with Gasteiger partial charge in [0, 0.05) is 5.41 Å². The Bertz CT molecular complexity index is 689. The van der Waals surface area contributed by atoms with E-state index in [9.17, 15) is 4.79 Å². The number of para-hydroxylation sites is 1. The number of ether oxygens (including phenoxy) is 1. The second-order valence-corrected chi connectivity index (χ2v) is 6.82. The molecule has 1 heterocycles. The highest BCUT2D eigenvalue weighted by atomic mass is 79.9. The maximum atomic E-state index is 11.9. The summed E-state index contributed by atoms with van der Waals surface area (Å²) in [4.78, 5) is 11.9. The van der Waals surface area contributed by atoms with E-state index < -0.39 is 5.97 Å². The lowest BCUT2D eigenvalue weighted by Crippen LogP contribution is -2.18. The van der Waals surface area contributed by atoms with E-state index >= 15 is 0 Å². The van der Waals surface area contributed by atoms with Crippen molar-refractivity contribution in [3.63, 3.8) is 0 Å². The summed E-state index contributed by atoms with van der Waals surface area (Å²) in [5.74, 6) is -0.488. The molecule has 1 aromatic heterocycles. The van der Waals surface area contributed by atoms with Gasteiger partial charge in [0.1, 0.15) is 0 Å². The van der Waals surface area contributed by atoms with E-state index in [4.69, 9.17) is 16.3 Å². The molecule has 0 saturated heterocycles. The number of halogens is 2. The van der Waals surface area contributed by atoms with Crippen LogP contribution in [0.4, 0.5) is 0 Å². The Balaban J connectivity index is 2.77. The van der Waals surface area contributed by atoms with Gasteiger partial charge in [-0.05, 0) is 28.1 Å².